The first kappa shape index (κ1) is 26.0. The lowest BCUT2D eigenvalue weighted by molar-refractivity contribution is 0.583. The largest absolute Gasteiger partial charge is 0.343 e. The van der Waals surface area contributed by atoms with Gasteiger partial charge in [-0.05, 0) is 36.4 Å². The average Bonchev–Trinajstić information content (AvgIpc) is 2.83. The molecule has 0 aliphatic carbocycles. The van der Waals surface area contributed by atoms with Crippen LogP contribution in [0.15, 0.2) is 91.0 Å². The summed E-state index contributed by atoms with van der Waals surface area (Å²) < 4.78 is 79.7. The van der Waals surface area contributed by atoms with Crippen molar-refractivity contribution in [3.8, 4) is 0 Å². The molecule has 3 aromatic carbocycles. The highest BCUT2D eigenvalue weighted by Crippen LogP contribution is 2.23. The minimum atomic E-state index is -3.96. The normalized spacial score (nSPS) is 20.2. The highest BCUT2D eigenvalue weighted by atomic mass is 32.2. The number of para-hydroxylation sites is 3. The van der Waals surface area contributed by atoms with Crippen molar-refractivity contribution in [1.82, 2.24) is 0 Å². The Hall–Kier alpha value is -3.09. The second-order valence-electron chi connectivity index (χ2n) is 8.63. The summed E-state index contributed by atoms with van der Waals surface area (Å²) in [5.74, 6) is -3.55. The highest BCUT2D eigenvalue weighted by Gasteiger charge is 2.31. The zero-order valence-electron chi connectivity index (χ0n) is 19.4. The molecule has 1 aliphatic heterocycles. The van der Waals surface area contributed by atoms with E-state index in [1.165, 1.54) is 14.7 Å². The first-order valence-electron chi connectivity index (χ1n) is 11.0. The Labute approximate surface area is 212 Å². The van der Waals surface area contributed by atoms with E-state index in [4.69, 9.17) is 0 Å². The van der Waals surface area contributed by atoms with Crippen LogP contribution in [-0.2, 0) is 29.5 Å². The van der Waals surface area contributed by atoms with E-state index in [-0.39, 0.29) is 0 Å². The molecule has 1 fully saturated rings. The summed E-state index contributed by atoms with van der Waals surface area (Å²) >= 11 is 0. The van der Waals surface area contributed by atoms with Gasteiger partial charge in [0.1, 0.15) is 35.3 Å². The zero-order chi connectivity index (χ0) is 25.8. The van der Waals surface area contributed by atoms with Crippen molar-refractivity contribution in [3.05, 3.63) is 91.0 Å². The molecular weight excluding hydrogens is 522 g/mol. The number of sulfone groups is 3. The molecule has 4 rings (SSSR count). The third-order valence-electron chi connectivity index (χ3n) is 5.48. The van der Waals surface area contributed by atoms with Crippen molar-refractivity contribution in [1.29, 1.82) is 0 Å². The third-order valence-corrected chi connectivity index (χ3v) is 9.71. The fraction of sp³-hybridized carbons (Fsp3) is 0.250. The summed E-state index contributed by atoms with van der Waals surface area (Å²) in [5, 5.41) is 0. The van der Waals surface area contributed by atoms with Crippen molar-refractivity contribution in [2.45, 2.75) is 0 Å². The Morgan fingerprint density at radius 2 is 0.556 bits per heavy atom. The second kappa shape index (κ2) is 10.5. The topological polar surface area (TPSA) is 112 Å². The molecule has 3 aromatic rings. The van der Waals surface area contributed by atoms with Gasteiger partial charge in [0, 0.05) is 17.1 Å². The fourth-order valence-electron chi connectivity index (χ4n) is 4.02. The van der Waals surface area contributed by atoms with Crippen LogP contribution in [0.1, 0.15) is 0 Å². The SMILES string of the molecule is O=S1(=O)CN(c2ccccc2)CS(=O)(=O)CN(c2ccccc2)CS(=O)(=O)CN(c2ccccc2)C1. The summed E-state index contributed by atoms with van der Waals surface area (Å²) in [5.41, 5.74) is 1.31. The van der Waals surface area contributed by atoms with Gasteiger partial charge in [-0.15, -0.1) is 0 Å². The van der Waals surface area contributed by atoms with Gasteiger partial charge in [-0.2, -0.15) is 0 Å². The van der Waals surface area contributed by atoms with Crippen LogP contribution in [-0.4, -0.2) is 60.5 Å². The lowest BCUT2D eigenvalue weighted by Gasteiger charge is -2.32. The van der Waals surface area contributed by atoms with Crippen molar-refractivity contribution in [2.24, 2.45) is 0 Å². The van der Waals surface area contributed by atoms with Crippen LogP contribution in [0.25, 0.3) is 0 Å². The van der Waals surface area contributed by atoms with Crippen LogP contribution in [0.5, 0.6) is 0 Å². The molecule has 12 heteroatoms. The molecule has 0 unspecified atom stereocenters. The van der Waals surface area contributed by atoms with E-state index < -0.39 is 64.8 Å². The highest BCUT2D eigenvalue weighted by molar-refractivity contribution is 7.93. The summed E-state index contributed by atoms with van der Waals surface area (Å²) in [6.07, 6.45) is 0. The van der Waals surface area contributed by atoms with Gasteiger partial charge in [0.15, 0.2) is 29.5 Å². The molecule has 0 saturated carbocycles. The van der Waals surface area contributed by atoms with E-state index in [0.717, 1.165) is 0 Å². The van der Waals surface area contributed by atoms with E-state index in [1.807, 2.05) is 0 Å². The molecule has 0 radical (unpaired) electrons. The fourth-order valence-corrected chi connectivity index (χ4v) is 8.91. The van der Waals surface area contributed by atoms with Gasteiger partial charge in [0.05, 0.1) is 0 Å². The Balaban J connectivity index is 1.80. The summed E-state index contributed by atoms with van der Waals surface area (Å²) in [4.78, 5) is 3.90. The maximum absolute atomic E-state index is 13.3. The Morgan fingerprint density at radius 3 is 0.750 bits per heavy atom. The molecule has 9 nitrogen and oxygen atoms in total. The van der Waals surface area contributed by atoms with Crippen molar-refractivity contribution in [3.63, 3.8) is 0 Å². The molecule has 0 N–H and O–H groups in total. The molecule has 0 atom stereocenters. The molecule has 1 aliphatic rings. The van der Waals surface area contributed by atoms with Crippen LogP contribution in [0.2, 0.25) is 0 Å². The van der Waals surface area contributed by atoms with Gasteiger partial charge in [-0.25, -0.2) is 25.3 Å². The molecule has 1 heterocycles. The molecule has 0 amide bonds. The van der Waals surface area contributed by atoms with Gasteiger partial charge < -0.3 is 14.7 Å². The number of hydrogen-bond acceptors (Lipinski definition) is 9. The predicted molar refractivity (Wildman–Crippen MR) is 143 cm³/mol. The molecule has 0 bridgehead atoms. The Kier molecular flexibility index (Phi) is 7.57. The lowest BCUT2D eigenvalue weighted by Crippen LogP contribution is -2.46. The van der Waals surface area contributed by atoms with Gasteiger partial charge in [-0.3, -0.25) is 0 Å². The van der Waals surface area contributed by atoms with Crippen LogP contribution < -0.4 is 14.7 Å². The molecule has 0 spiro atoms. The number of rotatable bonds is 3. The van der Waals surface area contributed by atoms with Crippen molar-refractivity contribution < 1.29 is 25.3 Å². The second-order valence-corrected chi connectivity index (χ2v) is 14.6. The standard InChI is InChI=1S/C24H27N3O6S3/c28-34(29)16-25(22-10-4-1-5-11-22)17-35(30,31)19-27(24-14-8-3-9-15-24)21-36(32,33)20-26(18-34)23-12-6-2-7-13-23/h1-15H,16-21H2. The number of anilines is 3. The number of nitrogens with zero attached hydrogens (tertiary/aromatic N) is 3. The predicted octanol–water partition coefficient (Wildman–Crippen LogP) is 2.51. The third kappa shape index (κ3) is 6.99. The average molecular weight is 550 g/mol. The van der Waals surface area contributed by atoms with Crippen molar-refractivity contribution >= 4 is 46.6 Å². The molecule has 36 heavy (non-hydrogen) atoms. The Morgan fingerprint density at radius 1 is 0.361 bits per heavy atom. The summed E-state index contributed by atoms with van der Waals surface area (Å²) in [6, 6.07) is 25.3. The smallest absolute Gasteiger partial charge is 0.186 e. The van der Waals surface area contributed by atoms with Crippen LogP contribution in [0, 0.1) is 0 Å². The van der Waals surface area contributed by atoms with E-state index in [0.29, 0.717) is 17.1 Å². The summed E-state index contributed by atoms with van der Waals surface area (Å²) in [7, 11) is -11.9. The monoisotopic (exact) mass is 549 g/mol. The molecule has 1 saturated heterocycles. The minimum Gasteiger partial charge on any atom is -0.343 e. The first-order valence-corrected chi connectivity index (χ1v) is 16.5. The number of benzene rings is 3. The quantitative estimate of drug-likeness (QED) is 0.486. The van der Waals surface area contributed by atoms with Crippen molar-refractivity contribution in [2.75, 3.05) is 50.0 Å². The lowest BCUT2D eigenvalue weighted by atomic mass is 10.3. The van der Waals surface area contributed by atoms with Crippen LogP contribution in [0.3, 0.4) is 0 Å². The zero-order valence-corrected chi connectivity index (χ0v) is 21.9. The maximum Gasteiger partial charge on any atom is 0.186 e. The molecule has 192 valence electrons. The van der Waals surface area contributed by atoms with Gasteiger partial charge in [0.2, 0.25) is 0 Å². The summed E-state index contributed by atoms with van der Waals surface area (Å²) in [6.45, 7) is 0. The molecular formula is C24H27N3O6S3. The van der Waals surface area contributed by atoms with Gasteiger partial charge in [-0.1, -0.05) is 54.6 Å². The van der Waals surface area contributed by atoms with Crippen LogP contribution in [0.4, 0.5) is 17.1 Å². The van der Waals surface area contributed by atoms with E-state index >= 15 is 0 Å². The van der Waals surface area contributed by atoms with E-state index in [9.17, 15) is 25.3 Å². The van der Waals surface area contributed by atoms with Gasteiger partial charge >= 0.3 is 0 Å². The van der Waals surface area contributed by atoms with Crippen LogP contribution >= 0.6 is 0 Å². The van der Waals surface area contributed by atoms with Gasteiger partial charge in [0.25, 0.3) is 0 Å². The minimum absolute atomic E-state index is 0.437. The number of hydrogen-bond donors (Lipinski definition) is 0. The first-order chi connectivity index (χ1) is 17.0. The van der Waals surface area contributed by atoms with E-state index in [2.05, 4.69) is 0 Å². The molecule has 0 aromatic heterocycles. The maximum atomic E-state index is 13.3. The Bertz CT molecular complexity index is 1260. The van der Waals surface area contributed by atoms with E-state index in [1.54, 1.807) is 91.0 Å².